The average Bonchev–Trinajstić information content (AvgIpc) is 2.37. The van der Waals surface area contributed by atoms with Crippen LogP contribution in [0.5, 0.6) is 0 Å². The molecule has 5 heteroatoms. The summed E-state index contributed by atoms with van der Waals surface area (Å²) in [5.41, 5.74) is -0.00532. The van der Waals surface area contributed by atoms with Gasteiger partial charge in [-0.1, -0.05) is 22.9 Å². The van der Waals surface area contributed by atoms with Gasteiger partial charge in [0.25, 0.3) is 0 Å². The normalized spacial score (nSPS) is 13.0. The van der Waals surface area contributed by atoms with Crippen molar-refractivity contribution in [2.75, 3.05) is 6.54 Å². The molecule has 0 amide bonds. The van der Waals surface area contributed by atoms with Crippen LogP contribution in [-0.4, -0.2) is 6.54 Å². The van der Waals surface area contributed by atoms with Crippen molar-refractivity contribution in [1.29, 1.82) is 0 Å². The molecule has 0 aromatic heterocycles. The Balaban J connectivity index is 3.02. The maximum absolute atomic E-state index is 12.8. The van der Waals surface area contributed by atoms with Crippen LogP contribution in [0.1, 0.15) is 43.4 Å². The summed E-state index contributed by atoms with van der Waals surface area (Å²) in [5, 5.41) is 3.21. The van der Waals surface area contributed by atoms with E-state index in [9.17, 15) is 13.2 Å². The molecule has 0 heterocycles. The lowest BCUT2D eigenvalue weighted by Crippen LogP contribution is -2.22. The van der Waals surface area contributed by atoms with E-state index in [0.29, 0.717) is 29.4 Å². The topological polar surface area (TPSA) is 12.0 Å². The number of nitrogens with one attached hydrogen (secondary N) is 1. The minimum Gasteiger partial charge on any atom is -0.310 e. The zero-order valence-electron chi connectivity index (χ0n) is 11.2. The van der Waals surface area contributed by atoms with Crippen molar-refractivity contribution in [2.45, 2.75) is 38.4 Å². The van der Waals surface area contributed by atoms with Crippen molar-refractivity contribution in [3.05, 3.63) is 33.8 Å². The molecule has 0 saturated carbocycles. The van der Waals surface area contributed by atoms with Crippen LogP contribution in [0.3, 0.4) is 0 Å². The molecule has 0 aliphatic carbocycles. The summed E-state index contributed by atoms with van der Waals surface area (Å²) in [6.45, 7) is 2.61. The van der Waals surface area contributed by atoms with Crippen LogP contribution in [0, 0.1) is 12.3 Å². The van der Waals surface area contributed by atoms with Crippen LogP contribution >= 0.6 is 15.9 Å². The van der Waals surface area contributed by atoms with E-state index in [2.05, 4.69) is 27.2 Å². The van der Waals surface area contributed by atoms with Gasteiger partial charge in [0, 0.05) is 16.9 Å². The Hall–Kier alpha value is -0.990. The first-order chi connectivity index (χ1) is 9.40. The molecule has 1 rings (SSSR count). The highest BCUT2D eigenvalue weighted by Gasteiger charge is 2.31. The van der Waals surface area contributed by atoms with Gasteiger partial charge in [-0.25, -0.2) is 0 Å². The molecule has 0 radical (unpaired) electrons. The summed E-state index contributed by atoms with van der Waals surface area (Å²) >= 11 is 3.33. The van der Waals surface area contributed by atoms with Gasteiger partial charge in [0.15, 0.2) is 0 Å². The van der Waals surface area contributed by atoms with Crippen LogP contribution in [0.4, 0.5) is 13.2 Å². The molecule has 0 aliphatic rings. The zero-order chi connectivity index (χ0) is 15.2. The Labute approximate surface area is 126 Å². The lowest BCUT2D eigenvalue weighted by Gasteiger charge is -2.21. The van der Waals surface area contributed by atoms with Gasteiger partial charge >= 0.3 is 6.18 Å². The molecule has 1 unspecified atom stereocenters. The van der Waals surface area contributed by atoms with Gasteiger partial charge in [-0.2, -0.15) is 13.2 Å². The van der Waals surface area contributed by atoms with Gasteiger partial charge in [-0.05, 0) is 43.1 Å². The van der Waals surface area contributed by atoms with E-state index in [0.717, 1.165) is 12.5 Å². The number of benzene rings is 1. The Morgan fingerprint density at radius 3 is 2.65 bits per heavy atom. The maximum atomic E-state index is 12.8. The Morgan fingerprint density at radius 2 is 2.10 bits per heavy atom. The molecule has 0 spiro atoms. The van der Waals surface area contributed by atoms with Crippen LogP contribution in [0.2, 0.25) is 0 Å². The van der Waals surface area contributed by atoms with Gasteiger partial charge in [-0.3, -0.25) is 0 Å². The molecule has 20 heavy (non-hydrogen) atoms. The van der Waals surface area contributed by atoms with Gasteiger partial charge in [0.2, 0.25) is 0 Å². The van der Waals surface area contributed by atoms with Crippen LogP contribution in [0.25, 0.3) is 0 Å². The fraction of sp³-hybridized carbons (Fsp3) is 0.467. The van der Waals surface area contributed by atoms with Gasteiger partial charge < -0.3 is 5.32 Å². The number of terminal acetylenes is 1. The summed E-state index contributed by atoms with van der Waals surface area (Å²) in [6.07, 6.45) is 2.99. The molecule has 0 saturated heterocycles. The van der Waals surface area contributed by atoms with E-state index in [1.165, 1.54) is 12.1 Å². The van der Waals surface area contributed by atoms with Gasteiger partial charge in [0.05, 0.1) is 5.56 Å². The number of unbranched alkanes of at least 4 members (excludes halogenated alkanes) is 1. The maximum Gasteiger partial charge on any atom is 0.416 e. The van der Waals surface area contributed by atoms with Crippen molar-refractivity contribution >= 4 is 15.9 Å². The first-order valence-electron chi connectivity index (χ1n) is 6.43. The third-order valence-electron chi connectivity index (χ3n) is 2.96. The standard InChI is InChI=1S/C15H17BrF3N/c1-3-5-6-7-14(20-4-2)12-10-11(15(17,18)19)8-9-13(12)16/h1,8-10,14,20H,4-7H2,2H3. The van der Waals surface area contributed by atoms with E-state index >= 15 is 0 Å². The molecule has 1 aromatic rings. The lowest BCUT2D eigenvalue weighted by molar-refractivity contribution is -0.137. The molecule has 0 fully saturated rings. The first-order valence-corrected chi connectivity index (χ1v) is 7.23. The lowest BCUT2D eigenvalue weighted by atomic mass is 9.99. The number of alkyl halides is 3. The van der Waals surface area contributed by atoms with E-state index in [1.807, 2.05) is 6.92 Å². The third kappa shape index (κ3) is 4.84. The summed E-state index contributed by atoms with van der Waals surface area (Å²) in [5.74, 6) is 2.55. The Kier molecular flexibility index (Phi) is 6.57. The summed E-state index contributed by atoms with van der Waals surface area (Å²) < 4.78 is 39.1. The molecule has 1 atom stereocenters. The molecule has 0 aliphatic heterocycles. The summed E-state index contributed by atoms with van der Waals surface area (Å²) in [7, 11) is 0. The zero-order valence-corrected chi connectivity index (χ0v) is 12.8. The van der Waals surface area contributed by atoms with Crippen molar-refractivity contribution in [3.63, 3.8) is 0 Å². The molecule has 110 valence electrons. The van der Waals surface area contributed by atoms with Crippen LogP contribution < -0.4 is 5.32 Å². The molecular weight excluding hydrogens is 331 g/mol. The molecule has 1 N–H and O–H groups in total. The smallest absolute Gasteiger partial charge is 0.310 e. The van der Waals surface area contributed by atoms with E-state index < -0.39 is 11.7 Å². The van der Waals surface area contributed by atoms with E-state index in [4.69, 9.17) is 6.42 Å². The summed E-state index contributed by atoms with van der Waals surface area (Å²) in [6, 6.07) is 3.60. The van der Waals surface area contributed by atoms with Crippen molar-refractivity contribution in [1.82, 2.24) is 5.32 Å². The van der Waals surface area contributed by atoms with Crippen LogP contribution in [-0.2, 0) is 6.18 Å². The van der Waals surface area contributed by atoms with Crippen molar-refractivity contribution in [2.24, 2.45) is 0 Å². The predicted molar refractivity (Wildman–Crippen MR) is 78.2 cm³/mol. The SMILES string of the molecule is C#CCCCC(NCC)c1cc(C(F)(F)F)ccc1Br. The first kappa shape index (κ1) is 17.1. The molecule has 0 bridgehead atoms. The predicted octanol–water partition coefficient (Wildman–Crippen LogP) is 4.92. The summed E-state index contributed by atoms with van der Waals surface area (Å²) in [4.78, 5) is 0. The number of hydrogen-bond donors (Lipinski definition) is 1. The highest BCUT2D eigenvalue weighted by Crippen LogP contribution is 2.35. The molecular formula is C15H17BrF3N. The number of hydrogen-bond acceptors (Lipinski definition) is 1. The fourth-order valence-corrected chi connectivity index (χ4v) is 2.53. The Bertz CT molecular complexity index is 477. The second kappa shape index (κ2) is 7.70. The monoisotopic (exact) mass is 347 g/mol. The largest absolute Gasteiger partial charge is 0.416 e. The molecule has 1 nitrogen and oxygen atoms in total. The van der Waals surface area contributed by atoms with E-state index in [-0.39, 0.29) is 6.04 Å². The number of halogens is 4. The van der Waals surface area contributed by atoms with Gasteiger partial charge in [-0.15, -0.1) is 12.3 Å². The third-order valence-corrected chi connectivity index (χ3v) is 3.69. The second-order valence-electron chi connectivity index (χ2n) is 4.44. The molecule has 1 aromatic carbocycles. The minimum absolute atomic E-state index is 0.134. The highest BCUT2D eigenvalue weighted by molar-refractivity contribution is 9.10. The Morgan fingerprint density at radius 1 is 1.40 bits per heavy atom. The van der Waals surface area contributed by atoms with E-state index in [1.54, 1.807) is 0 Å². The quantitative estimate of drug-likeness (QED) is 0.568. The second-order valence-corrected chi connectivity index (χ2v) is 5.30. The van der Waals surface area contributed by atoms with Crippen molar-refractivity contribution < 1.29 is 13.2 Å². The van der Waals surface area contributed by atoms with Crippen molar-refractivity contribution in [3.8, 4) is 12.3 Å². The minimum atomic E-state index is -4.33. The van der Waals surface area contributed by atoms with Gasteiger partial charge in [0.1, 0.15) is 0 Å². The van der Waals surface area contributed by atoms with Crippen LogP contribution in [0.15, 0.2) is 22.7 Å². The average molecular weight is 348 g/mol. The fourth-order valence-electron chi connectivity index (χ4n) is 2.01. The number of rotatable bonds is 6. The highest BCUT2D eigenvalue weighted by atomic mass is 79.9.